The quantitative estimate of drug-likeness (QED) is 0.615. The monoisotopic (exact) mass is 372 g/mol. The van der Waals surface area contributed by atoms with E-state index in [1.165, 1.54) is 0 Å². The Kier molecular flexibility index (Phi) is 4.83. The van der Waals surface area contributed by atoms with E-state index in [4.69, 9.17) is 9.26 Å². The number of ether oxygens (including phenoxy) is 1. The maximum atomic E-state index is 11.0. The molecule has 0 amide bonds. The summed E-state index contributed by atoms with van der Waals surface area (Å²) in [6.07, 6.45) is 1.34. The molecular formula is C17H13BrN2O3. The van der Waals surface area contributed by atoms with Crippen LogP contribution in [0, 0.1) is 0 Å². The normalized spacial score (nSPS) is 10.5. The highest BCUT2D eigenvalue weighted by Gasteiger charge is 2.10. The fraction of sp³-hybridized carbons (Fsp3) is 0.118. The predicted molar refractivity (Wildman–Crippen MR) is 87.4 cm³/mol. The Balaban J connectivity index is 1.64. The fourth-order valence-corrected chi connectivity index (χ4v) is 2.46. The van der Waals surface area contributed by atoms with Gasteiger partial charge in [0.1, 0.15) is 5.75 Å². The summed E-state index contributed by atoms with van der Waals surface area (Å²) in [5.74, 6) is 1.45. The first kappa shape index (κ1) is 15.4. The lowest BCUT2D eigenvalue weighted by molar-refractivity contribution is 0.111. The molecule has 116 valence electrons. The average Bonchev–Trinajstić information content (AvgIpc) is 3.02. The van der Waals surface area contributed by atoms with E-state index in [1.54, 1.807) is 18.2 Å². The van der Waals surface area contributed by atoms with Crippen molar-refractivity contribution in [1.29, 1.82) is 0 Å². The van der Waals surface area contributed by atoms with Gasteiger partial charge in [0, 0.05) is 10.9 Å². The number of nitrogens with zero attached hydrogens (tertiary/aromatic N) is 2. The summed E-state index contributed by atoms with van der Waals surface area (Å²) in [7, 11) is 0. The van der Waals surface area contributed by atoms with Gasteiger partial charge in [-0.3, -0.25) is 4.79 Å². The summed E-state index contributed by atoms with van der Waals surface area (Å²) in [5.41, 5.74) is 1.57. The van der Waals surface area contributed by atoms with Crippen LogP contribution < -0.4 is 4.74 Å². The molecule has 2 aromatic carbocycles. The summed E-state index contributed by atoms with van der Waals surface area (Å²) >= 11 is 3.31. The average molecular weight is 373 g/mol. The van der Waals surface area contributed by atoms with Crippen molar-refractivity contribution < 1.29 is 14.1 Å². The van der Waals surface area contributed by atoms with Crippen molar-refractivity contribution >= 4 is 22.2 Å². The molecule has 0 saturated carbocycles. The molecule has 0 aliphatic carbocycles. The number of carbonyl (C=O) groups excluding carboxylic acids is 1. The zero-order valence-corrected chi connectivity index (χ0v) is 13.7. The number of aldehydes is 1. The van der Waals surface area contributed by atoms with E-state index >= 15 is 0 Å². The van der Waals surface area contributed by atoms with Crippen LogP contribution in [0.5, 0.6) is 5.75 Å². The van der Waals surface area contributed by atoms with Crippen LogP contribution >= 0.6 is 15.9 Å². The topological polar surface area (TPSA) is 65.2 Å². The zero-order valence-electron chi connectivity index (χ0n) is 12.1. The second-order valence-electron chi connectivity index (χ2n) is 4.86. The SMILES string of the molecule is O=Cc1cc(Br)ccc1OCc1nc(Cc2ccccc2)no1. The predicted octanol–water partition coefficient (Wildman–Crippen LogP) is 3.81. The maximum absolute atomic E-state index is 11.0. The van der Waals surface area contributed by atoms with E-state index in [-0.39, 0.29) is 6.61 Å². The van der Waals surface area contributed by atoms with Gasteiger partial charge in [-0.05, 0) is 23.8 Å². The van der Waals surface area contributed by atoms with Crippen molar-refractivity contribution in [2.75, 3.05) is 0 Å². The van der Waals surface area contributed by atoms with Crippen LogP contribution in [0.2, 0.25) is 0 Å². The lowest BCUT2D eigenvalue weighted by Gasteiger charge is -2.05. The van der Waals surface area contributed by atoms with Crippen molar-refractivity contribution in [3.05, 3.63) is 75.8 Å². The van der Waals surface area contributed by atoms with Crippen molar-refractivity contribution in [2.45, 2.75) is 13.0 Å². The molecule has 0 fully saturated rings. The molecule has 3 aromatic rings. The summed E-state index contributed by atoms with van der Waals surface area (Å²) in [5, 5.41) is 3.94. The van der Waals surface area contributed by atoms with E-state index in [2.05, 4.69) is 26.1 Å². The minimum atomic E-state index is 0.115. The largest absolute Gasteiger partial charge is 0.483 e. The summed E-state index contributed by atoms with van der Waals surface area (Å²) in [6.45, 7) is 0.115. The molecule has 6 heteroatoms. The van der Waals surface area contributed by atoms with Crippen LogP contribution in [0.15, 0.2) is 57.5 Å². The van der Waals surface area contributed by atoms with E-state index in [9.17, 15) is 4.79 Å². The highest BCUT2D eigenvalue weighted by molar-refractivity contribution is 9.10. The molecule has 0 radical (unpaired) electrons. The third-order valence-corrected chi connectivity index (χ3v) is 3.66. The van der Waals surface area contributed by atoms with Gasteiger partial charge in [0.15, 0.2) is 18.7 Å². The first-order valence-corrected chi connectivity index (χ1v) is 7.77. The molecule has 0 saturated heterocycles. The molecule has 5 nitrogen and oxygen atoms in total. The minimum absolute atomic E-state index is 0.115. The van der Waals surface area contributed by atoms with Crippen LogP contribution in [0.25, 0.3) is 0 Å². The summed E-state index contributed by atoms with van der Waals surface area (Å²) in [4.78, 5) is 15.3. The van der Waals surface area contributed by atoms with E-state index in [1.807, 2.05) is 30.3 Å². The molecule has 1 aromatic heterocycles. The van der Waals surface area contributed by atoms with Crippen LogP contribution in [0.1, 0.15) is 27.6 Å². The molecule has 0 aliphatic heterocycles. The van der Waals surface area contributed by atoms with Gasteiger partial charge >= 0.3 is 0 Å². The Morgan fingerprint density at radius 2 is 2.00 bits per heavy atom. The van der Waals surface area contributed by atoms with E-state index in [0.717, 1.165) is 16.3 Å². The van der Waals surface area contributed by atoms with Gasteiger partial charge in [-0.25, -0.2) is 0 Å². The first-order valence-electron chi connectivity index (χ1n) is 6.97. The van der Waals surface area contributed by atoms with E-state index in [0.29, 0.717) is 29.4 Å². The Labute approximate surface area is 141 Å². The van der Waals surface area contributed by atoms with Gasteiger partial charge in [-0.2, -0.15) is 4.98 Å². The van der Waals surface area contributed by atoms with Gasteiger partial charge < -0.3 is 9.26 Å². The van der Waals surface area contributed by atoms with Gasteiger partial charge in [-0.15, -0.1) is 0 Å². The molecule has 0 bridgehead atoms. The second kappa shape index (κ2) is 7.19. The Morgan fingerprint density at radius 1 is 1.17 bits per heavy atom. The number of rotatable bonds is 6. The van der Waals surface area contributed by atoms with Crippen LogP contribution in [0.3, 0.4) is 0 Å². The molecule has 1 heterocycles. The number of benzene rings is 2. The van der Waals surface area contributed by atoms with Crippen molar-refractivity contribution in [3.63, 3.8) is 0 Å². The Hall–Kier alpha value is -2.47. The number of hydrogen-bond acceptors (Lipinski definition) is 5. The van der Waals surface area contributed by atoms with Gasteiger partial charge in [0.05, 0.1) is 5.56 Å². The molecular weight excluding hydrogens is 360 g/mol. The summed E-state index contributed by atoms with van der Waals surface area (Å²) in [6, 6.07) is 15.1. The third kappa shape index (κ3) is 4.04. The molecule has 23 heavy (non-hydrogen) atoms. The minimum Gasteiger partial charge on any atom is -0.483 e. The third-order valence-electron chi connectivity index (χ3n) is 3.17. The van der Waals surface area contributed by atoms with Crippen LogP contribution in [-0.4, -0.2) is 16.4 Å². The van der Waals surface area contributed by atoms with Crippen molar-refractivity contribution in [3.8, 4) is 5.75 Å². The second-order valence-corrected chi connectivity index (χ2v) is 5.77. The number of halogens is 1. The lowest BCUT2D eigenvalue weighted by atomic mass is 10.1. The zero-order chi connectivity index (χ0) is 16.1. The molecule has 0 spiro atoms. The lowest BCUT2D eigenvalue weighted by Crippen LogP contribution is -1.99. The van der Waals surface area contributed by atoms with Crippen LogP contribution in [0.4, 0.5) is 0 Å². The molecule has 0 unspecified atom stereocenters. The Bertz CT molecular complexity index is 803. The smallest absolute Gasteiger partial charge is 0.264 e. The molecule has 0 aliphatic rings. The molecule has 3 rings (SSSR count). The van der Waals surface area contributed by atoms with Crippen molar-refractivity contribution in [2.24, 2.45) is 0 Å². The van der Waals surface area contributed by atoms with E-state index < -0.39 is 0 Å². The first-order chi connectivity index (χ1) is 11.2. The van der Waals surface area contributed by atoms with Crippen LogP contribution in [-0.2, 0) is 13.0 Å². The molecule has 0 atom stereocenters. The number of carbonyl (C=O) groups is 1. The van der Waals surface area contributed by atoms with Gasteiger partial charge in [0.25, 0.3) is 5.89 Å². The number of aromatic nitrogens is 2. The van der Waals surface area contributed by atoms with Gasteiger partial charge in [0.2, 0.25) is 0 Å². The fourth-order valence-electron chi connectivity index (χ4n) is 2.08. The highest BCUT2D eigenvalue weighted by atomic mass is 79.9. The Morgan fingerprint density at radius 3 is 2.78 bits per heavy atom. The van der Waals surface area contributed by atoms with Crippen molar-refractivity contribution in [1.82, 2.24) is 10.1 Å². The molecule has 0 N–H and O–H groups in total. The van der Waals surface area contributed by atoms with Gasteiger partial charge in [-0.1, -0.05) is 51.4 Å². The number of hydrogen-bond donors (Lipinski definition) is 0. The highest BCUT2D eigenvalue weighted by Crippen LogP contribution is 2.22. The summed E-state index contributed by atoms with van der Waals surface area (Å²) < 4.78 is 11.6. The maximum Gasteiger partial charge on any atom is 0.264 e. The standard InChI is InChI=1S/C17H13BrN2O3/c18-14-6-7-15(13(9-14)10-21)22-11-17-19-16(20-23-17)8-12-4-2-1-3-5-12/h1-7,9-10H,8,11H2.